The minimum atomic E-state index is -3.33. The van der Waals surface area contributed by atoms with Crippen molar-refractivity contribution in [3.05, 3.63) is 50.1 Å². The van der Waals surface area contributed by atoms with Gasteiger partial charge < -0.3 is 9.47 Å². The first-order chi connectivity index (χ1) is 14.5. The van der Waals surface area contributed by atoms with E-state index < -0.39 is 10.0 Å². The number of esters is 1. The summed E-state index contributed by atoms with van der Waals surface area (Å²) in [5.41, 5.74) is 0. The number of rotatable bonds is 12. The maximum absolute atomic E-state index is 12.1. The molecule has 0 radical (unpaired) electrons. The summed E-state index contributed by atoms with van der Waals surface area (Å²) >= 11 is 13.3. The number of ether oxygens (including phenoxy) is 2. The highest BCUT2D eigenvalue weighted by Crippen LogP contribution is 2.24. The first kappa shape index (κ1) is 25.9. The molecule has 0 aliphatic heterocycles. The van der Waals surface area contributed by atoms with Crippen molar-refractivity contribution in [3.63, 3.8) is 0 Å². The van der Waals surface area contributed by atoms with Gasteiger partial charge in [-0.3, -0.25) is 0 Å². The Morgan fingerprint density at radius 3 is 2.35 bits per heavy atom. The summed E-state index contributed by atoms with van der Waals surface area (Å²) in [6, 6.07) is 8.57. The van der Waals surface area contributed by atoms with Crippen LogP contribution in [0.4, 0.5) is 0 Å². The quantitative estimate of drug-likeness (QED) is 0.288. The summed E-state index contributed by atoms with van der Waals surface area (Å²) < 4.78 is 36.5. The number of aryl methyl sites for hydroxylation is 1. The van der Waals surface area contributed by atoms with E-state index in [0.29, 0.717) is 59.6 Å². The van der Waals surface area contributed by atoms with Crippen LogP contribution in [0, 0.1) is 0 Å². The molecule has 0 saturated carbocycles. The third-order valence-electron chi connectivity index (χ3n) is 4.16. The smallest absolute Gasteiger partial charge is 0.348 e. The lowest BCUT2D eigenvalue weighted by Gasteiger charge is -2.20. The summed E-state index contributed by atoms with van der Waals surface area (Å²) in [5, 5.41) is 0.962. The van der Waals surface area contributed by atoms with E-state index in [0.717, 1.165) is 4.88 Å². The Bertz CT molecular complexity index is 956. The molecule has 0 atom stereocenters. The molecule has 172 valence electrons. The Hall–Kier alpha value is -1.32. The van der Waals surface area contributed by atoms with Crippen LogP contribution >= 0.6 is 34.5 Å². The van der Waals surface area contributed by atoms with Gasteiger partial charge in [0.05, 0.1) is 19.0 Å². The lowest BCUT2D eigenvalue weighted by Crippen LogP contribution is -2.33. The van der Waals surface area contributed by atoms with E-state index in [1.165, 1.54) is 21.9 Å². The minimum Gasteiger partial charge on any atom is -0.493 e. The number of hydrogen-bond acceptors (Lipinski definition) is 6. The molecule has 0 unspecified atom stereocenters. The van der Waals surface area contributed by atoms with E-state index in [9.17, 15) is 13.2 Å². The van der Waals surface area contributed by atoms with Gasteiger partial charge in [-0.1, -0.05) is 23.2 Å². The van der Waals surface area contributed by atoms with Gasteiger partial charge in [0.15, 0.2) is 0 Å². The van der Waals surface area contributed by atoms with Crippen molar-refractivity contribution in [2.45, 2.75) is 39.2 Å². The molecule has 1 heterocycles. The average molecular weight is 508 g/mol. The molecule has 1 aromatic heterocycles. The Balaban J connectivity index is 1.80. The monoisotopic (exact) mass is 507 g/mol. The summed E-state index contributed by atoms with van der Waals surface area (Å²) in [4.78, 5) is 13.5. The van der Waals surface area contributed by atoms with Crippen molar-refractivity contribution in [1.29, 1.82) is 0 Å². The lowest BCUT2D eigenvalue weighted by molar-refractivity contribution is 0.0384. The molecule has 0 N–H and O–H groups in total. The lowest BCUT2D eigenvalue weighted by atomic mass is 10.2. The largest absolute Gasteiger partial charge is 0.493 e. The van der Waals surface area contributed by atoms with E-state index in [-0.39, 0.29) is 12.1 Å². The first-order valence-electron chi connectivity index (χ1n) is 9.88. The second-order valence-electron chi connectivity index (χ2n) is 7.29. The molecule has 2 rings (SSSR count). The molecule has 1 aromatic carbocycles. The van der Waals surface area contributed by atoms with Gasteiger partial charge in [-0.25, -0.2) is 17.5 Å². The molecule has 0 saturated heterocycles. The first-order valence-corrected chi connectivity index (χ1v) is 13.3. The number of benzene rings is 1. The van der Waals surface area contributed by atoms with Crippen LogP contribution in [0.5, 0.6) is 5.75 Å². The fraction of sp³-hybridized carbons (Fsp3) is 0.476. The van der Waals surface area contributed by atoms with E-state index in [2.05, 4.69) is 0 Å². The summed E-state index contributed by atoms with van der Waals surface area (Å²) in [6.07, 6.45) is 2.90. The molecular weight excluding hydrogens is 481 g/mol. The third kappa shape index (κ3) is 9.37. The van der Waals surface area contributed by atoms with E-state index >= 15 is 0 Å². The van der Waals surface area contributed by atoms with Crippen LogP contribution in [0.1, 0.15) is 41.2 Å². The van der Waals surface area contributed by atoms with Crippen LogP contribution in [0.15, 0.2) is 30.3 Å². The zero-order valence-corrected chi connectivity index (χ0v) is 20.9. The summed E-state index contributed by atoms with van der Waals surface area (Å²) in [5.74, 6) is 0.220. The normalized spacial score (nSPS) is 11.8. The Labute approximate surface area is 198 Å². The number of thiophene rings is 1. The second-order valence-corrected chi connectivity index (χ2v) is 11.3. The molecule has 6 nitrogen and oxygen atoms in total. The van der Waals surface area contributed by atoms with Crippen molar-refractivity contribution in [1.82, 2.24) is 4.31 Å². The zero-order chi connectivity index (χ0) is 23.0. The summed E-state index contributed by atoms with van der Waals surface area (Å²) in [6.45, 7) is 4.70. The average Bonchev–Trinajstić information content (AvgIpc) is 3.10. The Kier molecular flexibility index (Phi) is 10.1. The number of carbonyl (C=O) groups excluding carboxylic acids is 1. The third-order valence-corrected chi connectivity index (χ3v) is 7.03. The maximum Gasteiger partial charge on any atom is 0.348 e. The number of halogens is 2. The topological polar surface area (TPSA) is 72.9 Å². The zero-order valence-electron chi connectivity index (χ0n) is 17.8. The van der Waals surface area contributed by atoms with Crippen LogP contribution in [-0.2, 0) is 21.2 Å². The molecule has 31 heavy (non-hydrogen) atoms. The van der Waals surface area contributed by atoms with Gasteiger partial charge in [-0.15, -0.1) is 11.3 Å². The van der Waals surface area contributed by atoms with Crippen LogP contribution in [0.3, 0.4) is 0 Å². The number of hydrogen-bond donors (Lipinski definition) is 0. The Morgan fingerprint density at radius 1 is 1.10 bits per heavy atom. The van der Waals surface area contributed by atoms with Crippen molar-refractivity contribution in [2.75, 3.05) is 26.0 Å². The number of carbonyl (C=O) groups is 1. The van der Waals surface area contributed by atoms with E-state index in [1.807, 2.05) is 6.07 Å². The van der Waals surface area contributed by atoms with Gasteiger partial charge in [0.1, 0.15) is 10.6 Å². The molecule has 2 aromatic rings. The molecular formula is C21H27Cl2NO5S2. The van der Waals surface area contributed by atoms with E-state index in [1.54, 1.807) is 38.1 Å². The molecule has 10 heteroatoms. The van der Waals surface area contributed by atoms with E-state index in [4.69, 9.17) is 32.7 Å². The van der Waals surface area contributed by atoms with Gasteiger partial charge in [0, 0.05) is 28.0 Å². The van der Waals surface area contributed by atoms with Gasteiger partial charge in [0.25, 0.3) is 0 Å². The highest BCUT2D eigenvalue weighted by Gasteiger charge is 2.17. The fourth-order valence-corrected chi connectivity index (χ4v) is 5.17. The van der Waals surface area contributed by atoms with Gasteiger partial charge in [-0.2, -0.15) is 0 Å². The highest BCUT2D eigenvalue weighted by atomic mass is 35.5. The fourth-order valence-electron chi connectivity index (χ4n) is 2.81. The van der Waals surface area contributed by atoms with Crippen molar-refractivity contribution < 1.29 is 22.7 Å². The van der Waals surface area contributed by atoms with Gasteiger partial charge >= 0.3 is 5.97 Å². The van der Waals surface area contributed by atoms with Crippen LogP contribution in [-0.4, -0.2) is 50.7 Å². The predicted molar refractivity (Wildman–Crippen MR) is 126 cm³/mol. The van der Waals surface area contributed by atoms with Crippen molar-refractivity contribution in [2.24, 2.45) is 0 Å². The van der Waals surface area contributed by atoms with Gasteiger partial charge in [0.2, 0.25) is 10.0 Å². The Morgan fingerprint density at radius 2 is 1.74 bits per heavy atom. The molecule has 0 spiro atoms. The molecule has 0 amide bonds. The number of nitrogens with zero attached hydrogens (tertiary/aromatic N) is 1. The molecule has 0 bridgehead atoms. The van der Waals surface area contributed by atoms with Crippen LogP contribution in [0.2, 0.25) is 10.0 Å². The molecule has 0 aliphatic carbocycles. The standard InChI is InChI=1S/C21H27Cl2NO5S2/c1-15(2)29-21(25)20-8-7-19(30-20)6-4-9-24(31(3,26)27)10-5-11-28-18-13-16(22)12-17(23)14-18/h7-8,12-15H,4-6,9-11H2,1-3H3. The van der Waals surface area contributed by atoms with Gasteiger partial charge in [-0.05, 0) is 63.4 Å². The SMILES string of the molecule is CC(C)OC(=O)c1ccc(CCCN(CCCOc2cc(Cl)cc(Cl)c2)S(C)(=O)=O)s1. The second kappa shape index (κ2) is 12.1. The van der Waals surface area contributed by atoms with Crippen molar-refractivity contribution >= 4 is 50.5 Å². The van der Waals surface area contributed by atoms with Crippen LogP contribution in [0.25, 0.3) is 0 Å². The highest BCUT2D eigenvalue weighted by molar-refractivity contribution is 7.88. The van der Waals surface area contributed by atoms with Crippen molar-refractivity contribution in [3.8, 4) is 5.75 Å². The minimum absolute atomic E-state index is 0.166. The van der Waals surface area contributed by atoms with Crippen LogP contribution < -0.4 is 4.74 Å². The predicted octanol–water partition coefficient (Wildman–Crippen LogP) is 5.28. The number of sulfonamides is 1. The molecule has 0 aliphatic rings. The maximum atomic E-state index is 12.1. The molecule has 0 fully saturated rings. The summed E-state index contributed by atoms with van der Waals surface area (Å²) in [7, 11) is -3.33.